The number of hydrogen-bond donors (Lipinski definition) is 1. The van der Waals surface area contributed by atoms with Gasteiger partial charge in [-0.3, -0.25) is 14.6 Å². The Morgan fingerprint density at radius 3 is 2.74 bits per heavy atom. The third-order valence-corrected chi connectivity index (χ3v) is 4.96. The lowest BCUT2D eigenvalue weighted by atomic mass is 10.1. The third-order valence-electron chi connectivity index (χ3n) is 4.96. The average molecular weight is 266 g/mol. The fourth-order valence-electron chi connectivity index (χ4n) is 3.68. The zero-order valence-electron chi connectivity index (χ0n) is 12.0. The number of rotatable bonds is 2. The normalized spacial score (nSPS) is 31.2. The quantitative estimate of drug-likeness (QED) is 0.737. The molecule has 0 spiro atoms. The number of carbonyl (C=O) groups is 1. The van der Waals surface area contributed by atoms with Crippen LogP contribution in [0.3, 0.4) is 0 Å². The lowest BCUT2D eigenvalue weighted by Gasteiger charge is -2.41. The molecule has 19 heavy (non-hydrogen) atoms. The first-order valence-corrected chi connectivity index (χ1v) is 7.73. The molecule has 1 amide bonds. The van der Waals surface area contributed by atoms with Crippen molar-refractivity contribution in [1.82, 2.24) is 20.0 Å². The summed E-state index contributed by atoms with van der Waals surface area (Å²) in [6, 6.07) is 0.683. The fraction of sp³-hybridized carbons (Fsp3) is 0.929. The number of carbonyl (C=O) groups excluding carboxylic acids is 1. The molecule has 3 aliphatic heterocycles. The molecule has 3 saturated heterocycles. The smallest absolute Gasteiger partial charge is 0.239 e. The van der Waals surface area contributed by atoms with Gasteiger partial charge in [0.15, 0.2) is 0 Å². The van der Waals surface area contributed by atoms with Crippen molar-refractivity contribution in [2.45, 2.75) is 31.8 Å². The van der Waals surface area contributed by atoms with Gasteiger partial charge in [-0.15, -0.1) is 0 Å². The molecule has 0 aromatic carbocycles. The van der Waals surface area contributed by atoms with E-state index in [0.717, 1.165) is 45.8 Å². The molecular weight excluding hydrogens is 240 g/mol. The van der Waals surface area contributed by atoms with E-state index in [1.807, 2.05) is 0 Å². The molecule has 2 unspecified atom stereocenters. The van der Waals surface area contributed by atoms with Crippen molar-refractivity contribution < 1.29 is 4.79 Å². The van der Waals surface area contributed by atoms with Crippen LogP contribution in [0.15, 0.2) is 0 Å². The summed E-state index contributed by atoms with van der Waals surface area (Å²) in [5.41, 5.74) is 0. The molecule has 0 aromatic heterocycles. The molecule has 0 radical (unpaired) electrons. The maximum Gasteiger partial charge on any atom is 0.239 e. The average Bonchev–Trinajstić information content (AvgIpc) is 2.94. The van der Waals surface area contributed by atoms with Crippen LogP contribution in [-0.4, -0.2) is 85.0 Å². The minimum Gasteiger partial charge on any atom is -0.338 e. The third kappa shape index (κ3) is 2.78. The zero-order valence-corrected chi connectivity index (χ0v) is 12.0. The minimum absolute atomic E-state index is 0.0510. The van der Waals surface area contributed by atoms with E-state index in [9.17, 15) is 4.79 Å². The molecule has 3 rings (SSSR count). The lowest BCUT2D eigenvalue weighted by molar-refractivity contribution is -0.139. The topological polar surface area (TPSA) is 38.8 Å². The van der Waals surface area contributed by atoms with Crippen molar-refractivity contribution in [3.8, 4) is 0 Å². The van der Waals surface area contributed by atoms with E-state index >= 15 is 0 Å². The van der Waals surface area contributed by atoms with Crippen molar-refractivity contribution >= 4 is 5.91 Å². The van der Waals surface area contributed by atoms with Crippen LogP contribution in [-0.2, 0) is 4.79 Å². The van der Waals surface area contributed by atoms with Crippen molar-refractivity contribution in [2.24, 2.45) is 0 Å². The molecule has 3 aliphatic rings. The van der Waals surface area contributed by atoms with Gasteiger partial charge in [0, 0.05) is 51.9 Å². The first-order valence-electron chi connectivity index (χ1n) is 7.73. The van der Waals surface area contributed by atoms with Gasteiger partial charge >= 0.3 is 0 Å². The first-order chi connectivity index (χ1) is 9.25. The number of hydrogen-bond acceptors (Lipinski definition) is 4. The summed E-state index contributed by atoms with van der Waals surface area (Å²) in [6.45, 7) is 10.3. The summed E-state index contributed by atoms with van der Waals surface area (Å²) >= 11 is 0. The molecule has 2 atom stereocenters. The summed E-state index contributed by atoms with van der Waals surface area (Å²) in [7, 11) is 0. The molecule has 108 valence electrons. The van der Waals surface area contributed by atoms with Crippen molar-refractivity contribution in [3.05, 3.63) is 0 Å². The Morgan fingerprint density at radius 2 is 1.95 bits per heavy atom. The van der Waals surface area contributed by atoms with E-state index in [1.165, 1.54) is 19.4 Å². The monoisotopic (exact) mass is 266 g/mol. The maximum absolute atomic E-state index is 12.6. The summed E-state index contributed by atoms with van der Waals surface area (Å²) in [4.78, 5) is 19.6. The van der Waals surface area contributed by atoms with Gasteiger partial charge in [0.1, 0.15) is 0 Å². The number of nitrogens with zero attached hydrogens (tertiary/aromatic N) is 3. The summed E-state index contributed by atoms with van der Waals surface area (Å²) < 4.78 is 0. The minimum atomic E-state index is 0.0510. The number of piperazine rings is 2. The van der Waals surface area contributed by atoms with Gasteiger partial charge in [-0.25, -0.2) is 0 Å². The molecule has 1 N–H and O–H groups in total. The molecular formula is C14H26N4O. The Balaban J connectivity index is 1.57. The van der Waals surface area contributed by atoms with Gasteiger partial charge in [0.25, 0.3) is 0 Å². The van der Waals surface area contributed by atoms with E-state index in [4.69, 9.17) is 0 Å². The zero-order chi connectivity index (χ0) is 13.2. The second-order valence-electron chi connectivity index (χ2n) is 6.08. The van der Waals surface area contributed by atoms with Crippen LogP contribution in [0.1, 0.15) is 19.8 Å². The molecule has 0 bridgehead atoms. The van der Waals surface area contributed by atoms with E-state index < -0.39 is 0 Å². The molecule has 0 saturated carbocycles. The van der Waals surface area contributed by atoms with Gasteiger partial charge in [-0.1, -0.05) is 0 Å². The second-order valence-corrected chi connectivity index (χ2v) is 6.08. The molecule has 0 aliphatic carbocycles. The Morgan fingerprint density at radius 1 is 1.16 bits per heavy atom. The predicted molar refractivity (Wildman–Crippen MR) is 75.1 cm³/mol. The molecule has 3 heterocycles. The SMILES string of the molecule is CC(C(=O)N1CCN2CCCC2C1)N1CCNCC1. The largest absolute Gasteiger partial charge is 0.338 e. The van der Waals surface area contributed by atoms with Gasteiger partial charge in [-0.2, -0.15) is 0 Å². The highest BCUT2D eigenvalue weighted by Crippen LogP contribution is 2.22. The van der Waals surface area contributed by atoms with E-state index in [-0.39, 0.29) is 6.04 Å². The van der Waals surface area contributed by atoms with Gasteiger partial charge in [0.05, 0.1) is 6.04 Å². The number of nitrogens with one attached hydrogen (secondary N) is 1. The number of amides is 1. The van der Waals surface area contributed by atoms with Crippen LogP contribution < -0.4 is 5.32 Å². The lowest BCUT2D eigenvalue weighted by Crippen LogP contribution is -2.58. The Kier molecular flexibility index (Phi) is 4.05. The molecule has 3 fully saturated rings. The highest BCUT2D eigenvalue weighted by molar-refractivity contribution is 5.81. The van der Waals surface area contributed by atoms with Crippen LogP contribution in [0.2, 0.25) is 0 Å². The van der Waals surface area contributed by atoms with Gasteiger partial charge < -0.3 is 10.2 Å². The Bertz CT molecular complexity index is 329. The molecule has 0 aromatic rings. The Labute approximate surface area is 115 Å². The summed E-state index contributed by atoms with van der Waals surface area (Å²) in [6.07, 6.45) is 2.58. The highest BCUT2D eigenvalue weighted by Gasteiger charge is 2.35. The van der Waals surface area contributed by atoms with Crippen LogP contribution in [0, 0.1) is 0 Å². The number of fused-ring (bicyclic) bond motifs is 1. The van der Waals surface area contributed by atoms with Crippen molar-refractivity contribution in [2.75, 3.05) is 52.4 Å². The van der Waals surface area contributed by atoms with Crippen LogP contribution in [0.5, 0.6) is 0 Å². The predicted octanol–water partition coefficient (Wildman–Crippen LogP) is -0.413. The van der Waals surface area contributed by atoms with Crippen molar-refractivity contribution in [3.63, 3.8) is 0 Å². The first kappa shape index (κ1) is 13.3. The van der Waals surface area contributed by atoms with E-state index in [2.05, 4.69) is 26.9 Å². The fourth-order valence-corrected chi connectivity index (χ4v) is 3.68. The van der Waals surface area contributed by atoms with Crippen LogP contribution in [0.4, 0.5) is 0 Å². The van der Waals surface area contributed by atoms with Crippen LogP contribution in [0.25, 0.3) is 0 Å². The van der Waals surface area contributed by atoms with E-state index in [0.29, 0.717) is 11.9 Å². The molecule has 5 nitrogen and oxygen atoms in total. The van der Waals surface area contributed by atoms with Gasteiger partial charge in [-0.05, 0) is 26.3 Å². The molecule has 5 heteroatoms. The summed E-state index contributed by atoms with van der Waals surface area (Å²) in [5, 5.41) is 3.35. The van der Waals surface area contributed by atoms with Crippen molar-refractivity contribution in [1.29, 1.82) is 0 Å². The van der Waals surface area contributed by atoms with Gasteiger partial charge in [0.2, 0.25) is 5.91 Å². The summed E-state index contributed by atoms with van der Waals surface area (Å²) in [5.74, 6) is 0.341. The van der Waals surface area contributed by atoms with Crippen LogP contribution >= 0.6 is 0 Å². The Hall–Kier alpha value is -0.650. The van der Waals surface area contributed by atoms with E-state index in [1.54, 1.807) is 0 Å². The highest BCUT2D eigenvalue weighted by atomic mass is 16.2. The second kappa shape index (κ2) is 5.77. The standard InChI is InChI=1S/C14H26N4O/c1-12(16-7-4-15-5-8-16)14(19)18-10-9-17-6-2-3-13(17)11-18/h12-13,15H,2-11H2,1H3. The maximum atomic E-state index is 12.6.